The first-order valence-electron chi connectivity index (χ1n) is 6.61. The number of alkyl halides is 3. The second-order valence-corrected chi connectivity index (χ2v) is 5.46. The van der Waals surface area contributed by atoms with Gasteiger partial charge in [0.2, 0.25) is 0 Å². The third-order valence-corrected chi connectivity index (χ3v) is 4.32. The number of benzene rings is 1. The maximum Gasteiger partial charge on any atom is 0.418 e. The summed E-state index contributed by atoms with van der Waals surface area (Å²) in [5.74, 6) is 0.100. The second-order valence-electron chi connectivity index (χ2n) is 5.46. The zero-order chi connectivity index (χ0) is 13.9. The van der Waals surface area contributed by atoms with E-state index in [1.807, 2.05) is 0 Å². The Morgan fingerprint density at radius 3 is 2.65 bits per heavy atom. The number of hydrogen-bond donors (Lipinski definition) is 1. The number of nitrogens with one attached hydrogen (secondary N) is 1. The van der Waals surface area contributed by atoms with Crippen LogP contribution >= 0.6 is 0 Å². The maximum absolute atomic E-state index is 13.5. The predicted octanol–water partition coefficient (Wildman–Crippen LogP) is 2.82. The molecule has 3 nitrogen and oxygen atoms in total. The molecule has 2 aliphatic rings. The highest BCUT2D eigenvalue weighted by molar-refractivity contribution is 5.82. The van der Waals surface area contributed by atoms with E-state index < -0.39 is 11.7 Å². The molecule has 1 aromatic heterocycles. The van der Waals surface area contributed by atoms with Gasteiger partial charge in [0.1, 0.15) is 5.52 Å². The Hall–Kier alpha value is -1.69. The molecular weight excluding hydrogens is 267 g/mol. The predicted molar refractivity (Wildman–Crippen MR) is 67.5 cm³/mol. The van der Waals surface area contributed by atoms with Gasteiger partial charge >= 0.3 is 6.18 Å². The molecule has 0 amide bonds. The fraction of sp³-hybridized carbons (Fsp3) is 0.429. The molecule has 2 aromatic rings. The SMILES string of the molecule is FC(F)(F)c1c2c(cc3nccnc13)[C@@H]1CNC[C@H]2C1. The second kappa shape index (κ2) is 3.91. The standard InChI is InChI=1S/C14H12F3N3/c15-14(16,17)12-11-8-3-7(5-18-6-8)9(11)4-10-13(12)20-2-1-19-10/h1-2,4,7-8,18H,3,5-6H2/t7-,8+/m0/s1. The number of aromatic nitrogens is 2. The van der Waals surface area contributed by atoms with Crippen molar-refractivity contribution < 1.29 is 13.2 Å². The van der Waals surface area contributed by atoms with Crippen LogP contribution in [-0.4, -0.2) is 23.1 Å². The lowest BCUT2D eigenvalue weighted by Gasteiger charge is -2.21. The summed E-state index contributed by atoms with van der Waals surface area (Å²) < 4.78 is 40.6. The molecule has 2 heterocycles. The molecule has 20 heavy (non-hydrogen) atoms. The third-order valence-electron chi connectivity index (χ3n) is 4.32. The highest BCUT2D eigenvalue weighted by Gasteiger charge is 2.44. The number of piperidine rings is 1. The number of fused-ring (bicyclic) bond motifs is 6. The Morgan fingerprint density at radius 1 is 1.10 bits per heavy atom. The van der Waals surface area contributed by atoms with Crippen LogP contribution in [0.1, 0.15) is 34.9 Å². The van der Waals surface area contributed by atoms with E-state index in [1.165, 1.54) is 12.4 Å². The quantitative estimate of drug-likeness (QED) is 0.806. The monoisotopic (exact) mass is 279 g/mol. The Balaban J connectivity index is 2.12. The summed E-state index contributed by atoms with van der Waals surface area (Å²) in [5.41, 5.74) is 0.993. The molecule has 1 saturated heterocycles. The summed E-state index contributed by atoms with van der Waals surface area (Å²) >= 11 is 0. The molecule has 104 valence electrons. The van der Waals surface area contributed by atoms with Crippen LogP contribution in [0.5, 0.6) is 0 Å². The van der Waals surface area contributed by atoms with Gasteiger partial charge < -0.3 is 5.32 Å². The highest BCUT2D eigenvalue weighted by atomic mass is 19.4. The molecule has 1 aromatic carbocycles. The number of hydrogen-bond acceptors (Lipinski definition) is 3. The lowest BCUT2D eigenvalue weighted by atomic mass is 9.94. The van der Waals surface area contributed by atoms with E-state index in [4.69, 9.17) is 0 Å². The summed E-state index contributed by atoms with van der Waals surface area (Å²) in [6.45, 7) is 1.35. The zero-order valence-electron chi connectivity index (χ0n) is 10.5. The minimum absolute atomic E-state index is 0.0219. The Labute approximate surface area is 113 Å². The van der Waals surface area contributed by atoms with Crippen LogP contribution in [0.4, 0.5) is 13.2 Å². The molecule has 0 saturated carbocycles. The van der Waals surface area contributed by atoms with Crippen LogP contribution in [-0.2, 0) is 6.18 Å². The molecule has 1 N–H and O–H groups in total. The maximum atomic E-state index is 13.5. The van der Waals surface area contributed by atoms with Crippen molar-refractivity contribution >= 4 is 11.0 Å². The van der Waals surface area contributed by atoms with E-state index in [1.54, 1.807) is 6.07 Å². The van der Waals surface area contributed by atoms with Gasteiger partial charge in [0.05, 0.1) is 11.1 Å². The van der Waals surface area contributed by atoms with Crippen LogP contribution < -0.4 is 5.32 Å². The highest BCUT2D eigenvalue weighted by Crippen LogP contribution is 2.50. The molecule has 1 fully saturated rings. The van der Waals surface area contributed by atoms with E-state index in [-0.39, 0.29) is 17.4 Å². The normalized spacial score (nSPS) is 24.9. The number of nitrogens with zero attached hydrogens (tertiary/aromatic N) is 2. The molecule has 6 heteroatoms. The van der Waals surface area contributed by atoms with Gasteiger partial charge in [0, 0.05) is 25.5 Å². The van der Waals surface area contributed by atoms with Crippen LogP contribution in [0.3, 0.4) is 0 Å². The Bertz CT molecular complexity index is 696. The van der Waals surface area contributed by atoms with Gasteiger partial charge in [-0.2, -0.15) is 13.2 Å². The van der Waals surface area contributed by atoms with Crippen molar-refractivity contribution in [3.63, 3.8) is 0 Å². The topological polar surface area (TPSA) is 37.8 Å². The van der Waals surface area contributed by atoms with E-state index in [0.717, 1.165) is 18.5 Å². The van der Waals surface area contributed by atoms with Crippen molar-refractivity contribution in [3.05, 3.63) is 35.2 Å². The van der Waals surface area contributed by atoms with Crippen molar-refractivity contribution in [1.29, 1.82) is 0 Å². The van der Waals surface area contributed by atoms with Crippen LogP contribution in [0.25, 0.3) is 11.0 Å². The molecule has 2 bridgehead atoms. The fourth-order valence-corrected chi connectivity index (χ4v) is 3.61. The van der Waals surface area contributed by atoms with Gasteiger partial charge in [-0.05, 0) is 35.4 Å². The molecule has 0 spiro atoms. The largest absolute Gasteiger partial charge is 0.418 e. The molecule has 0 unspecified atom stereocenters. The van der Waals surface area contributed by atoms with Crippen molar-refractivity contribution in [2.45, 2.75) is 24.4 Å². The van der Waals surface area contributed by atoms with Gasteiger partial charge in [-0.15, -0.1) is 0 Å². The minimum Gasteiger partial charge on any atom is -0.316 e. The molecular formula is C14H12F3N3. The van der Waals surface area contributed by atoms with Gasteiger partial charge in [-0.1, -0.05) is 0 Å². The summed E-state index contributed by atoms with van der Waals surface area (Å²) in [5, 5.41) is 3.22. The van der Waals surface area contributed by atoms with Gasteiger partial charge in [-0.3, -0.25) is 9.97 Å². The van der Waals surface area contributed by atoms with Crippen LogP contribution in [0, 0.1) is 0 Å². The average Bonchev–Trinajstić information content (AvgIpc) is 2.66. The summed E-state index contributed by atoms with van der Waals surface area (Å²) in [6.07, 6.45) is -0.837. The van der Waals surface area contributed by atoms with E-state index >= 15 is 0 Å². The summed E-state index contributed by atoms with van der Waals surface area (Å²) in [6, 6.07) is 1.80. The number of rotatable bonds is 0. The van der Waals surface area contributed by atoms with Crippen LogP contribution in [0.15, 0.2) is 18.5 Å². The van der Waals surface area contributed by atoms with E-state index in [9.17, 15) is 13.2 Å². The smallest absolute Gasteiger partial charge is 0.316 e. The lowest BCUT2D eigenvalue weighted by molar-refractivity contribution is -0.137. The van der Waals surface area contributed by atoms with E-state index in [2.05, 4.69) is 15.3 Å². The Morgan fingerprint density at radius 2 is 1.85 bits per heavy atom. The summed E-state index contributed by atoms with van der Waals surface area (Å²) in [7, 11) is 0. The first-order valence-corrected chi connectivity index (χ1v) is 6.61. The van der Waals surface area contributed by atoms with Crippen molar-refractivity contribution in [2.75, 3.05) is 13.1 Å². The van der Waals surface area contributed by atoms with Crippen LogP contribution in [0.2, 0.25) is 0 Å². The van der Waals surface area contributed by atoms with E-state index in [0.29, 0.717) is 17.6 Å². The average molecular weight is 279 g/mol. The minimum atomic E-state index is -4.39. The van der Waals surface area contributed by atoms with Crippen molar-refractivity contribution in [1.82, 2.24) is 15.3 Å². The van der Waals surface area contributed by atoms with Gasteiger partial charge in [-0.25, -0.2) is 0 Å². The lowest BCUT2D eigenvalue weighted by Crippen LogP contribution is -2.29. The zero-order valence-corrected chi connectivity index (χ0v) is 10.5. The third kappa shape index (κ3) is 1.57. The molecule has 2 atom stereocenters. The molecule has 0 radical (unpaired) electrons. The molecule has 4 rings (SSSR count). The molecule has 1 aliphatic carbocycles. The van der Waals surface area contributed by atoms with Crippen molar-refractivity contribution in [3.8, 4) is 0 Å². The molecule has 1 aliphatic heterocycles. The summed E-state index contributed by atoms with van der Waals surface area (Å²) in [4.78, 5) is 8.00. The fourth-order valence-electron chi connectivity index (χ4n) is 3.61. The van der Waals surface area contributed by atoms with Gasteiger partial charge in [0.25, 0.3) is 0 Å². The van der Waals surface area contributed by atoms with Crippen molar-refractivity contribution in [2.24, 2.45) is 0 Å². The first kappa shape index (κ1) is 12.1. The van der Waals surface area contributed by atoms with Gasteiger partial charge in [0.15, 0.2) is 0 Å². The number of halogens is 3. The first-order chi connectivity index (χ1) is 9.55. The Kier molecular flexibility index (Phi) is 2.36.